The maximum Gasteiger partial charge on any atom is 0.266 e. The number of aromatic hydroxyl groups is 1. The smallest absolute Gasteiger partial charge is 0.266 e. The maximum atomic E-state index is 12.3. The zero-order chi connectivity index (χ0) is 16.4. The lowest BCUT2D eigenvalue weighted by atomic mass is 10.2. The number of aryl methyl sites for hydroxylation is 1. The Labute approximate surface area is 139 Å². The third kappa shape index (κ3) is 3.46. The van der Waals surface area contributed by atoms with Gasteiger partial charge in [-0.05, 0) is 54.6 Å². The number of rotatable bonds is 2. The van der Waals surface area contributed by atoms with Gasteiger partial charge >= 0.3 is 0 Å². The molecule has 116 valence electrons. The first-order valence-electron chi connectivity index (χ1n) is 7.15. The summed E-state index contributed by atoms with van der Waals surface area (Å²) in [7, 11) is 1.72. The van der Waals surface area contributed by atoms with E-state index in [1.165, 1.54) is 17.3 Å². The first-order chi connectivity index (χ1) is 11.0. The summed E-state index contributed by atoms with van der Waals surface area (Å²) in [6.45, 7) is 2.02. The van der Waals surface area contributed by atoms with Crippen LogP contribution in [0.2, 0.25) is 0 Å². The summed E-state index contributed by atoms with van der Waals surface area (Å²) in [6, 6.07) is 14.6. The van der Waals surface area contributed by atoms with Gasteiger partial charge in [-0.25, -0.2) is 4.99 Å². The molecule has 1 aliphatic rings. The Kier molecular flexibility index (Phi) is 4.21. The van der Waals surface area contributed by atoms with E-state index < -0.39 is 0 Å². The van der Waals surface area contributed by atoms with Gasteiger partial charge in [-0.2, -0.15) is 0 Å². The molecule has 5 heteroatoms. The highest BCUT2D eigenvalue weighted by molar-refractivity contribution is 8.18. The number of carbonyl (C=O) groups excluding carboxylic acids is 1. The molecule has 1 heterocycles. The van der Waals surface area contributed by atoms with Crippen molar-refractivity contribution in [2.45, 2.75) is 6.92 Å². The van der Waals surface area contributed by atoms with Gasteiger partial charge in [-0.15, -0.1) is 0 Å². The minimum absolute atomic E-state index is 0.0751. The van der Waals surface area contributed by atoms with Gasteiger partial charge in [0.2, 0.25) is 0 Å². The van der Waals surface area contributed by atoms with Gasteiger partial charge in [0.05, 0.1) is 10.6 Å². The Morgan fingerprint density at radius 3 is 2.39 bits per heavy atom. The molecule has 0 saturated carbocycles. The number of hydrogen-bond donors (Lipinski definition) is 1. The molecule has 0 aromatic heterocycles. The van der Waals surface area contributed by atoms with E-state index in [1.54, 1.807) is 42.3 Å². The average Bonchev–Trinajstić information content (AvgIpc) is 2.80. The number of phenolic OH excluding ortho intramolecular Hbond substituents is 1. The minimum Gasteiger partial charge on any atom is -0.508 e. The predicted octanol–water partition coefficient (Wildman–Crippen LogP) is 3.93. The maximum absolute atomic E-state index is 12.3. The Bertz CT molecular complexity index is 793. The fraction of sp³-hybridized carbons (Fsp3) is 0.111. The number of nitrogens with zero attached hydrogens (tertiary/aromatic N) is 2. The van der Waals surface area contributed by atoms with Gasteiger partial charge in [0, 0.05) is 7.05 Å². The molecule has 2 aromatic rings. The number of benzene rings is 2. The minimum atomic E-state index is -0.0751. The van der Waals surface area contributed by atoms with Gasteiger partial charge in [0.25, 0.3) is 5.91 Å². The van der Waals surface area contributed by atoms with E-state index in [0.717, 1.165) is 11.3 Å². The van der Waals surface area contributed by atoms with Crippen molar-refractivity contribution in [1.29, 1.82) is 0 Å². The summed E-state index contributed by atoms with van der Waals surface area (Å²) in [6.07, 6.45) is 1.81. The Hall–Kier alpha value is -2.53. The topological polar surface area (TPSA) is 52.9 Å². The van der Waals surface area contributed by atoms with Gasteiger partial charge in [0.1, 0.15) is 5.75 Å². The second-order valence-electron chi connectivity index (χ2n) is 5.30. The summed E-state index contributed by atoms with van der Waals surface area (Å²) in [4.78, 5) is 19.0. The van der Waals surface area contributed by atoms with Crippen LogP contribution in [-0.4, -0.2) is 28.1 Å². The van der Waals surface area contributed by atoms with E-state index in [2.05, 4.69) is 4.99 Å². The normalized spacial score (nSPS) is 18.2. The first kappa shape index (κ1) is 15.4. The number of carbonyl (C=O) groups is 1. The lowest BCUT2D eigenvalue weighted by molar-refractivity contribution is -0.121. The van der Waals surface area contributed by atoms with Crippen LogP contribution in [0.15, 0.2) is 58.4 Å². The third-order valence-corrected chi connectivity index (χ3v) is 4.51. The van der Waals surface area contributed by atoms with Crippen molar-refractivity contribution in [3.8, 4) is 5.75 Å². The van der Waals surface area contributed by atoms with Crippen LogP contribution in [-0.2, 0) is 4.79 Å². The molecule has 1 N–H and O–H groups in total. The number of amidine groups is 1. The summed E-state index contributed by atoms with van der Waals surface area (Å²) < 4.78 is 0. The molecular formula is C18H16N2O2S. The van der Waals surface area contributed by atoms with Crippen molar-refractivity contribution in [2.75, 3.05) is 7.05 Å². The van der Waals surface area contributed by atoms with Crippen molar-refractivity contribution in [2.24, 2.45) is 4.99 Å². The van der Waals surface area contributed by atoms with E-state index in [1.807, 2.05) is 31.2 Å². The largest absolute Gasteiger partial charge is 0.508 e. The standard InChI is InChI=1S/C18H16N2O2S/c1-12-3-7-14(8-4-12)19-18-20(2)17(22)16(23-18)11-13-5-9-15(21)10-6-13/h3-11,21H,1-2H3/b16-11-,19-18?. The molecule has 1 saturated heterocycles. The molecule has 0 spiro atoms. The van der Waals surface area contributed by atoms with Crippen LogP contribution in [0.3, 0.4) is 0 Å². The fourth-order valence-corrected chi connectivity index (χ4v) is 3.09. The van der Waals surface area contributed by atoms with Gasteiger partial charge < -0.3 is 5.11 Å². The zero-order valence-electron chi connectivity index (χ0n) is 12.9. The first-order valence-corrected chi connectivity index (χ1v) is 7.96. The lowest BCUT2D eigenvalue weighted by Gasteiger charge is -2.07. The van der Waals surface area contributed by atoms with Crippen LogP contribution in [0, 0.1) is 6.92 Å². The van der Waals surface area contributed by atoms with Crippen molar-refractivity contribution in [3.63, 3.8) is 0 Å². The quantitative estimate of drug-likeness (QED) is 0.852. The number of aliphatic imine (C=N–C) groups is 1. The van der Waals surface area contributed by atoms with Crippen LogP contribution in [0.5, 0.6) is 5.75 Å². The Morgan fingerprint density at radius 1 is 1.09 bits per heavy atom. The molecule has 3 rings (SSSR count). The summed E-state index contributed by atoms with van der Waals surface area (Å²) in [5.41, 5.74) is 2.86. The van der Waals surface area contributed by atoms with Gasteiger partial charge in [-0.1, -0.05) is 29.8 Å². The second kappa shape index (κ2) is 6.30. The summed E-state index contributed by atoms with van der Waals surface area (Å²) in [5, 5.41) is 9.97. The number of phenols is 1. The number of amides is 1. The summed E-state index contributed by atoms with van der Waals surface area (Å²) >= 11 is 1.35. The molecule has 4 nitrogen and oxygen atoms in total. The van der Waals surface area contributed by atoms with Crippen molar-refractivity contribution in [1.82, 2.24) is 4.90 Å². The Balaban J connectivity index is 1.87. The molecule has 0 atom stereocenters. The predicted molar refractivity (Wildman–Crippen MR) is 94.7 cm³/mol. The van der Waals surface area contributed by atoms with Crippen molar-refractivity contribution < 1.29 is 9.90 Å². The molecule has 1 aliphatic heterocycles. The van der Waals surface area contributed by atoms with Crippen LogP contribution < -0.4 is 0 Å². The highest BCUT2D eigenvalue weighted by Gasteiger charge is 2.30. The lowest BCUT2D eigenvalue weighted by Crippen LogP contribution is -2.23. The number of hydrogen-bond acceptors (Lipinski definition) is 4. The van der Waals surface area contributed by atoms with E-state index in [-0.39, 0.29) is 11.7 Å². The SMILES string of the molecule is Cc1ccc(N=C2S/C(=C\c3ccc(O)cc3)C(=O)N2C)cc1. The van der Waals surface area contributed by atoms with E-state index >= 15 is 0 Å². The summed E-state index contributed by atoms with van der Waals surface area (Å²) in [5.74, 6) is 0.130. The number of likely N-dealkylation sites (N-methyl/N-ethyl adjacent to an activating group) is 1. The fourth-order valence-electron chi connectivity index (χ4n) is 2.10. The zero-order valence-corrected chi connectivity index (χ0v) is 13.7. The monoisotopic (exact) mass is 324 g/mol. The van der Waals surface area contributed by atoms with E-state index in [4.69, 9.17) is 0 Å². The highest BCUT2D eigenvalue weighted by atomic mass is 32.2. The Morgan fingerprint density at radius 2 is 1.74 bits per heavy atom. The van der Waals surface area contributed by atoms with E-state index in [9.17, 15) is 9.90 Å². The van der Waals surface area contributed by atoms with Gasteiger partial charge in [0.15, 0.2) is 5.17 Å². The van der Waals surface area contributed by atoms with Crippen LogP contribution >= 0.6 is 11.8 Å². The molecular weight excluding hydrogens is 308 g/mol. The molecule has 0 aliphatic carbocycles. The van der Waals surface area contributed by atoms with Crippen LogP contribution in [0.1, 0.15) is 11.1 Å². The van der Waals surface area contributed by atoms with Crippen molar-refractivity contribution >= 4 is 34.6 Å². The van der Waals surface area contributed by atoms with E-state index in [0.29, 0.717) is 10.1 Å². The molecule has 2 aromatic carbocycles. The second-order valence-corrected chi connectivity index (χ2v) is 6.31. The molecule has 0 unspecified atom stereocenters. The molecule has 1 amide bonds. The highest BCUT2D eigenvalue weighted by Crippen LogP contribution is 2.33. The third-order valence-electron chi connectivity index (χ3n) is 3.45. The van der Waals surface area contributed by atoms with Crippen molar-refractivity contribution in [3.05, 3.63) is 64.6 Å². The van der Waals surface area contributed by atoms with Gasteiger partial charge in [-0.3, -0.25) is 9.69 Å². The molecule has 0 bridgehead atoms. The molecule has 1 fully saturated rings. The molecule has 23 heavy (non-hydrogen) atoms. The van der Waals surface area contributed by atoms with Crippen LogP contribution in [0.25, 0.3) is 6.08 Å². The number of thioether (sulfide) groups is 1. The average molecular weight is 324 g/mol. The molecule has 0 radical (unpaired) electrons. The van der Waals surface area contributed by atoms with Crippen LogP contribution in [0.4, 0.5) is 5.69 Å².